The molecule has 7 heteroatoms. The van der Waals surface area contributed by atoms with Crippen LogP contribution in [0.15, 0.2) is 56.5 Å². The van der Waals surface area contributed by atoms with Crippen molar-refractivity contribution in [2.75, 3.05) is 7.11 Å². The van der Waals surface area contributed by atoms with Crippen LogP contribution >= 0.6 is 15.9 Å². The van der Waals surface area contributed by atoms with Gasteiger partial charge < -0.3 is 14.3 Å². The summed E-state index contributed by atoms with van der Waals surface area (Å²) in [6.45, 7) is 0. The van der Waals surface area contributed by atoms with E-state index >= 15 is 0 Å². The van der Waals surface area contributed by atoms with E-state index in [0.717, 1.165) is 58.9 Å². The smallest absolute Gasteiger partial charge is 0.271 e. The summed E-state index contributed by atoms with van der Waals surface area (Å²) in [6.07, 6.45) is 5.45. The van der Waals surface area contributed by atoms with Gasteiger partial charge in [-0.2, -0.15) is 5.10 Å². The summed E-state index contributed by atoms with van der Waals surface area (Å²) in [7, 11) is 1.62. The van der Waals surface area contributed by atoms with Gasteiger partial charge in [0.15, 0.2) is 0 Å². The van der Waals surface area contributed by atoms with Crippen molar-refractivity contribution in [1.29, 1.82) is 0 Å². The molecule has 1 aliphatic rings. The number of furan rings is 1. The number of ether oxygens (including phenoxy) is 1. The van der Waals surface area contributed by atoms with E-state index < -0.39 is 0 Å². The number of nitrogens with zero attached hydrogens (tertiary/aromatic N) is 1. The van der Waals surface area contributed by atoms with Crippen molar-refractivity contribution in [3.8, 4) is 11.5 Å². The van der Waals surface area contributed by atoms with Crippen molar-refractivity contribution in [3.05, 3.63) is 69.4 Å². The van der Waals surface area contributed by atoms with Crippen LogP contribution in [0.3, 0.4) is 0 Å². The summed E-state index contributed by atoms with van der Waals surface area (Å²) >= 11 is 3.38. The Morgan fingerprint density at radius 3 is 2.78 bits per heavy atom. The normalized spacial score (nSPS) is 13.6. The van der Waals surface area contributed by atoms with Gasteiger partial charge in [0.1, 0.15) is 22.8 Å². The van der Waals surface area contributed by atoms with Crippen molar-refractivity contribution in [2.24, 2.45) is 5.10 Å². The summed E-state index contributed by atoms with van der Waals surface area (Å²) in [4.78, 5) is 12.7. The highest BCUT2D eigenvalue weighted by Gasteiger charge is 2.22. The van der Waals surface area contributed by atoms with Gasteiger partial charge in [0.05, 0.1) is 17.8 Å². The zero-order valence-corrected chi connectivity index (χ0v) is 19.0. The SMILES string of the molecule is COc1ccc2cc(C(=O)N/N=C\c3c(O)c(Br)cc4oc5c(c34)CCCC5)ccc2c1. The average molecular weight is 493 g/mol. The summed E-state index contributed by atoms with van der Waals surface area (Å²) in [6, 6.07) is 12.9. The monoisotopic (exact) mass is 492 g/mol. The highest BCUT2D eigenvalue weighted by atomic mass is 79.9. The number of aromatic hydroxyl groups is 1. The summed E-state index contributed by atoms with van der Waals surface area (Å²) in [5.41, 5.74) is 5.42. The van der Waals surface area contributed by atoms with Gasteiger partial charge in [-0.3, -0.25) is 4.79 Å². The Bertz CT molecular complexity index is 1390. The first kappa shape index (κ1) is 20.6. The third kappa shape index (κ3) is 3.62. The Kier molecular flexibility index (Phi) is 5.35. The molecular weight excluding hydrogens is 472 g/mol. The van der Waals surface area contributed by atoms with Gasteiger partial charge in [-0.25, -0.2) is 5.43 Å². The molecule has 0 fully saturated rings. The Hall–Kier alpha value is -3.32. The minimum Gasteiger partial charge on any atom is -0.506 e. The summed E-state index contributed by atoms with van der Waals surface area (Å²) in [5.74, 6) is 1.47. The number of hydrogen-bond acceptors (Lipinski definition) is 5. The first-order valence-electron chi connectivity index (χ1n) is 10.4. The number of phenols is 1. The maximum atomic E-state index is 12.7. The van der Waals surface area contributed by atoms with Crippen LogP contribution in [0.1, 0.15) is 40.1 Å². The van der Waals surface area contributed by atoms with E-state index in [9.17, 15) is 9.90 Å². The fourth-order valence-corrected chi connectivity index (χ4v) is 4.67. The number of aryl methyl sites for hydroxylation is 2. The van der Waals surface area contributed by atoms with Crippen LogP contribution in [0.5, 0.6) is 11.5 Å². The second-order valence-corrected chi connectivity index (χ2v) is 8.69. The third-order valence-electron chi connectivity index (χ3n) is 5.88. The first-order valence-corrected chi connectivity index (χ1v) is 11.2. The van der Waals surface area contributed by atoms with Gasteiger partial charge in [0, 0.05) is 28.5 Å². The molecule has 1 amide bonds. The number of benzene rings is 3. The number of fused-ring (bicyclic) bond motifs is 4. The quantitative estimate of drug-likeness (QED) is 0.282. The highest BCUT2D eigenvalue weighted by molar-refractivity contribution is 9.10. The minimum atomic E-state index is -0.334. The van der Waals surface area contributed by atoms with Crippen molar-refractivity contribution in [1.82, 2.24) is 5.43 Å². The number of methoxy groups -OCH3 is 1. The van der Waals surface area contributed by atoms with Crippen molar-refractivity contribution < 1.29 is 19.1 Å². The number of carbonyl (C=O) groups excluding carboxylic acids is 1. The molecule has 0 saturated carbocycles. The van der Waals surface area contributed by atoms with Gasteiger partial charge in [-0.15, -0.1) is 0 Å². The van der Waals surface area contributed by atoms with Crippen molar-refractivity contribution in [2.45, 2.75) is 25.7 Å². The Morgan fingerprint density at radius 2 is 1.94 bits per heavy atom. The van der Waals surface area contributed by atoms with Gasteiger partial charge >= 0.3 is 0 Å². The van der Waals surface area contributed by atoms with Crippen LogP contribution in [-0.2, 0) is 12.8 Å². The third-order valence-corrected chi connectivity index (χ3v) is 6.48. The lowest BCUT2D eigenvalue weighted by molar-refractivity contribution is 0.0955. The van der Waals surface area contributed by atoms with Crippen molar-refractivity contribution in [3.63, 3.8) is 0 Å². The standard InChI is InChI=1S/C25H21BrN2O4/c1-31-17-9-8-14-10-16(7-6-15(14)11-17)25(30)28-27-13-19-23-18-4-2-3-5-21(18)32-22(23)12-20(26)24(19)29/h6-13,29H,2-5H2,1H3,(H,28,30)/b27-13-. The number of hydrazone groups is 1. The largest absolute Gasteiger partial charge is 0.506 e. The molecule has 1 aromatic heterocycles. The van der Waals surface area contributed by atoms with E-state index in [-0.39, 0.29) is 11.7 Å². The number of phenolic OH excluding ortho intramolecular Hbond substituents is 1. The van der Waals surface area contributed by atoms with Crippen molar-refractivity contribution >= 4 is 49.8 Å². The molecule has 0 unspecified atom stereocenters. The zero-order chi connectivity index (χ0) is 22.2. The molecule has 3 aromatic carbocycles. The molecule has 0 bridgehead atoms. The van der Waals surface area contributed by atoms with Crippen LogP contribution in [-0.4, -0.2) is 24.3 Å². The zero-order valence-electron chi connectivity index (χ0n) is 17.4. The number of rotatable bonds is 4. The second kappa shape index (κ2) is 8.31. The Labute approximate surface area is 193 Å². The molecule has 0 atom stereocenters. The van der Waals surface area contributed by atoms with E-state index in [2.05, 4.69) is 26.5 Å². The number of amides is 1. The van der Waals surface area contributed by atoms with E-state index in [1.807, 2.05) is 24.3 Å². The van der Waals surface area contributed by atoms with Gasteiger partial charge in [0.25, 0.3) is 5.91 Å². The lowest BCUT2D eigenvalue weighted by Crippen LogP contribution is -2.17. The fraction of sp³-hybridized carbons (Fsp3) is 0.200. The second-order valence-electron chi connectivity index (χ2n) is 7.83. The molecule has 0 radical (unpaired) electrons. The molecule has 2 N–H and O–H groups in total. The minimum absolute atomic E-state index is 0.0734. The van der Waals surface area contributed by atoms with Gasteiger partial charge in [-0.05, 0) is 76.3 Å². The number of carbonyl (C=O) groups is 1. The summed E-state index contributed by atoms with van der Waals surface area (Å²) < 4.78 is 11.8. The number of halogens is 1. The predicted octanol–water partition coefficient (Wildman–Crippen LogP) is 5.71. The molecule has 0 saturated heterocycles. The van der Waals surface area contributed by atoms with Crippen LogP contribution in [0.2, 0.25) is 0 Å². The number of hydrogen-bond donors (Lipinski definition) is 2. The molecule has 5 rings (SSSR count). The molecule has 0 aliphatic heterocycles. The topological polar surface area (TPSA) is 84.1 Å². The number of nitrogens with one attached hydrogen (secondary N) is 1. The molecule has 4 aromatic rings. The van der Waals surface area contributed by atoms with E-state index in [0.29, 0.717) is 21.2 Å². The molecule has 0 spiro atoms. The Morgan fingerprint density at radius 1 is 1.16 bits per heavy atom. The average Bonchev–Trinajstić information content (AvgIpc) is 3.18. The maximum Gasteiger partial charge on any atom is 0.271 e. The molecular formula is C25H21BrN2O4. The highest BCUT2D eigenvalue weighted by Crippen LogP contribution is 2.40. The van der Waals surface area contributed by atoms with Gasteiger partial charge in [0.2, 0.25) is 0 Å². The first-order chi connectivity index (χ1) is 15.5. The maximum absolute atomic E-state index is 12.7. The molecule has 162 valence electrons. The Balaban J connectivity index is 1.43. The van der Waals surface area contributed by atoms with E-state index in [4.69, 9.17) is 9.15 Å². The van der Waals surface area contributed by atoms with Crippen LogP contribution in [0.4, 0.5) is 0 Å². The molecule has 6 nitrogen and oxygen atoms in total. The lowest BCUT2D eigenvalue weighted by Gasteiger charge is -2.10. The molecule has 1 aliphatic carbocycles. The lowest BCUT2D eigenvalue weighted by atomic mass is 9.94. The predicted molar refractivity (Wildman–Crippen MR) is 128 cm³/mol. The molecule has 1 heterocycles. The van der Waals surface area contributed by atoms with E-state index in [1.54, 1.807) is 25.3 Å². The van der Waals surface area contributed by atoms with Crippen LogP contribution in [0, 0.1) is 0 Å². The van der Waals surface area contributed by atoms with E-state index in [1.165, 1.54) is 6.21 Å². The summed E-state index contributed by atoms with van der Waals surface area (Å²) in [5, 5.41) is 17.6. The van der Waals surface area contributed by atoms with Crippen LogP contribution in [0.25, 0.3) is 21.7 Å². The molecule has 32 heavy (non-hydrogen) atoms. The van der Waals surface area contributed by atoms with Crippen LogP contribution < -0.4 is 10.2 Å². The fourth-order valence-electron chi connectivity index (χ4n) is 4.25. The van der Waals surface area contributed by atoms with Gasteiger partial charge in [-0.1, -0.05) is 12.1 Å².